The maximum Gasteiger partial charge on any atom is 0.351 e. The molecule has 0 aliphatic rings. The van der Waals surface area contributed by atoms with Crippen molar-refractivity contribution >= 4 is 23.3 Å². The molecule has 1 aromatic carbocycles. The number of thiophene rings is 1. The van der Waals surface area contributed by atoms with E-state index in [1.165, 1.54) is 18.6 Å². The van der Waals surface area contributed by atoms with Crippen LogP contribution in [0.25, 0.3) is 0 Å². The molecule has 0 N–H and O–H groups in total. The van der Waals surface area contributed by atoms with Crippen LogP contribution in [-0.2, 0) is 4.74 Å². The number of halogens is 2. The van der Waals surface area contributed by atoms with Crippen LogP contribution in [0.2, 0.25) is 0 Å². The summed E-state index contributed by atoms with van der Waals surface area (Å²) in [5.41, 5.74) is -0.811. The fourth-order valence-corrected chi connectivity index (χ4v) is 2.20. The van der Waals surface area contributed by atoms with Gasteiger partial charge in [-0.05, 0) is 23.6 Å². The molecule has 0 atom stereocenters. The van der Waals surface area contributed by atoms with Crippen LogP contribution in [0.1, 0.15) is 20.0 Å². The Bertz CT molecular complexity index is 646. The molecule has 0 amide bonds. The Hall–Kier alpha value is -2.28. The lowest BCUT2D eigenvalue weighted by atomic mass is 10.2. The lowest BCUT2D eigenvalue weighted by Gasteiger charge is -2.06. The molecule has 20 heavy (non-hydrogen) atoms. The first kappa shape index (κ1) is 14.1. The fraction of sp³-hybridized carbons (Fsp3) is 0.0769. The van der Waals surface area contributed by atoms with Gasteiger partial charge < -0.3 is 9.47 Å². The smallest absolute Gasteiger partial charge is 0.351 e. The quantitative estimate of drug-likeness (QED) is 0.817. The largest absolute Gasteiger partial charge is 0.465 e. The summed E-state index contributed by atoms with van der Waals surface area (Å²) in [5, 5.41) is 1.49. The molecule has 0 saturated heterocycles. The summed E-state index contributed by atoms with van der Waals surface area (Å²) in [6, 6.07) is 4.35. The first-order valence-electron chi connectivity index (χ1n) is 5.36. The van der Waals surface area contributed by atoms with Gasteiger partial charge in [-0.25, -0.2) is 18.4 Å². The second-order valence-corrected chi connectivity index (χ2v) is 4.51. The molecule has 0 aliphatic heterocycles. The molecule has 1 heterocycles. The highest BCUT2D eigenvalue weighted by atomic mass is 32.1. The van der Waals surface area contributed by atoms with E-state index in [1.54, 1.807) is 0 Å². The van der Waals surface area contributed by atoms with Crippen LogP contribution in [0.5, 0.6) is 5.75 Å². The maximum atomic E-state index is 13.4. The Balaban J connectivity index is 2.29. The van der Waals surface area contributed by atoms with Crippen LogP contribution >= 0.6 is 11.3 Å². The van der Waals surface area contributed by atoms with Crippen molar-refractivity contribution in [3.63, 3.8) is 0 Å². The van der Waals surface area contributed by atoms with Crippen LogP contribution in [0.3, 0.4) is 0 Å². The maximum absolute atomic E-state index is 13.4. The van der Waals surface area contributed by atoms with E-state index in [0.29, 0.717) is 0 Å². The van der Waals surface area contributed by atoms with Gasteiger partial charge in [-0.3, -0.25) is 0 Å². The monoisotopic (exact) mass is 298 g/mol. The summed E-state index contributed by atoms with van der Waals surface area (Å²) in [5.74, 6) is -4.09. The first-order valence-corrected chi connectivity index (χ1v) is 6.24. The van der Waals surface area contributed by atoms with E-state index in [4.69, 9.17) is 4.74 Å². The van der Waals surface area contributed by atoms with E-state index >= 15 is 0 Å². The van der Waals surface area contributed by atoms with E-state index in [-0.39, 0.29) is 10.6 Å². The van der Waals surface area contributed by atoms with E-state index < -0.39 is 29.1 Å². The lowest BCUT2D eigenvalue weighted by molar-refractivity contribution is 0.0599. The number of esters is 2. The number of carbonyl (C=O) groups excluding carboxylic acids is 2. The molecule has 0 fully saturated rings. The van der Waals surface area contributed by atoms with E-state index in [2.05, 4.69) is 4.74 Å². The van der Waals surface area contributed by atoms with E-state index in [0.717, 1.165) is 29.5 Å². The molecular formula is C13H8F2O4S. The summed E-state index contributed by atoms with van der Waals surface area (Å²) in [7, 11) is 1.17. The molecule has 0 bridgehead atoms. The number of hydrogen-bond donors (Lipinski definition) is 0. The van der Waals surface area contributed by atoms with Gasteiger partial charge in [0.05, 0.1) is 7.11 Å². The number of methoxy groups -OCH3 is 1. The second-order valence-electron chi connectivity index (χ2n) is 3.59. The Kier molecular flexibility index (Phi) is 4.09. The lowest BCUT2D eigenvalue weighted by Crippen LogP contribution is -2.14. The van der Waals surface area contributed by atoms with Crippen LogP contribution in [0, 0.1) is 11.6 Å². The minimum Gasteiger partial charge on any atom is -0.465 e. The van der Waals surface area contributed by atoms with Gasteiger partial charge in [-0.1, -0.05) is 6.07 Å². The van der Waals surface area contributed by atoms with E-state index in [9.17, 15) is 18.4 Å². The third kappa shape index (κ3) is 2.67. The molecule has 2 rings (SSSR count). The molecule has 1 aromatic heterocycles. The highest BCUT2D eigenvalue weighted by molar-refractivity contribution is 7.12. The Morgan fingerprint density at radius 3 is 2.35 bits per heavy atom. The number of ether oxygens (including phenoxy) is 2. The van der Waals surface area contributed by atoms with Crippen molar-refractivity contribution < 1.29 is 27.8 Å². The highest BCUT2D eigenvalue weighted by Gasteiger charge is 2.23. The van der Waals surface area contributed by atoms with Crippen LogP contribution in [0.15, 0.2) is 29.6 Å². The van der Waals surface area contributed by atoms with Gasteiger partial charge in [0.25, 0.3) is 0 Å². The Morgan fingerprint density at radius 1 is 1.10 bits per heavy atom. The summed E-state index contributed by atoms with van der Waals surface area (Å²) in [6.07, 6.45) is 0. The van der Waals surface area contributed by atoms with Gasteiger partial charge >= 0.3 is 11.9 Å². The highest BCUT2D eigenvalue weighted by Crippen LogP contribution is 2.27. The molecule has 0 aliphatic carbocycles. The first-order chi connectivity index (χ1) is 9.54. The van der Waals surface area contributed by atoms with Gasteiger partial charge in [-0.2, -0.15) is 0 Å². The van der Waals surface area contributed by atoms with Crippen molar-refractivity contribution in [1.82, 2.24) is 0 Å². The third-order valence-electron chi connectivity index (χ3n) is 2.37. The summed E-state index contributed by atoms with van der Waals surface area (Å²) in [4.78, 5) is 23.2. The van der Waals surface area contributed by atoms with Crippen molar-refractivity contribution in [1.29, 1.82) is 0 Å². The minimum atomic E-state index is -1.22. The number of carbonyl (C=O) groups is 2. The average molecular weight is 298 g/mol. The van der Waals surface area contributed by atoms with Crippen molar-refractivity contribution in [2.75, 3.05) is 7.11 Å². The standard InChI is InChI=1S/C13H8F2O4S/c1-18-13(17)11-9(5-6-20-11)19-12(16)10-7(14)3-2-4-8(10)15/h2-6H,1H3. The molecule has 0 saturated carbocycles. The molecule has 0 unspecified atom stereocenters. The Labute approximate surface area is 116 Å². The van der Waals surface area contributed by atoms with Gasteiger partial charge in [-0.15, -0.1) is 11.3 Å². The predicted molar refractivity (Wildman–Crippen MR) is 67.0 cm³/mol. The van der Waals surface area contributed by atoms with Gasteiger partial charge in [0.1, 0.15) is 17.2 Å². The number of benzene rings is 1. The molecular weight excluding hydrogens is 290 g/mol. The predicted octanol–water partition coefficient (Wildman–Crippen LogP) is 3.03. The van der Waals surface area contributed by atoms with Crippen LogP contribution in [0.4, 0.5) is 8.78 Å². The summed E-state index contributed by atoms with van der Waals surface area (Å²) in [6.45, 7) is 0. The Morgan fingerprint density at radius 2 is 1.75 bits per heavy atom. The topological polar surface area (TPSA) is 52.6 Å². The molecule has 7 heteroatoms. The molecule has 4 nitrogen and oxygen atoms in total. The summed E-state index contributed by atoms with van der Waals surface area (Å²) >= 11 is 0.989. The minimum absolute atomic E-state index is 0.0394. The molecule has 2 aromatic rings. The SMILES string of the molecule is COC(=O)c1sccc1OC(=O)c1c(F)cccc1F. The normalized spacial score (nSPS) is 10.2. The van der Waals surface area contributed by atoms with E-state index in [1.807, 2.05) is 0 Å². The van der Waals surface area contributed by atoms with Crippen molar-refractivity contribution in [2.45, 2.75) is 0 Å². The van der Waals surface area contributed by atoms with Gasteiger partial charge in [0.15, 0.2) is 10.6 Å². The zero-order valence-corrected chi connectivity index (χ0v) is 11.0. The summed E-state index contributed by atoms with van der Waals surface area (Å²) < 4.78 is 36.2. The second kappa shape index (κ2) is 5.79. The zero-order chi connectivity index (χ0) is 14.7. The molecule has 0 radical (unpaired) electrons. The number of rotatable bonds is 3. The zero-order valence-electron chi connectivity index (χ0n) is 10.2. The fourth-order valence-electron chi connectivity index (χ4n) is 1.46. The van der Waals surface area contributed by atoms with Crippen molar-refractivity contribution in [2.24, 2.45) is 0 Å². The third-order valence-corrected chi connectivity index (χ3v) is 3.25. The van der Waals surface area contributed by atoms with Crippen LogP contribution in [-0.4, -0.2) is 19.0 Å². The van der Waals surface area contributed by atoms with Crippen LogP contribution < -0.4 is 4.74 Å². The number of hydrogen-bond acceptors (Lipinski definition) is 5. The van der Waals surface area contributed by atoms with Gasteiger partial charge in [0.2, 0.25) is 0 Å². The molecule has 0 spiro atoms. The molecule has 104 valence electrons. The average Bonchev–Trinajstić information content (AvgIpc) is 2.85. The van der Waals surface area contributed by atoms with Crippen molar-refractivity contribution in [3.8, 4) is 5.75 Å². The van der Waals surface area contributed by atoms with Crippen molar-refractivity contribution in [3.05, 3.63) is 51.7 Å². The van der Waals surface area contributed by atoms with Gasteiger partial charge in [0, 0.05) is 0 Å².